The smallest absolute Gasteiger partial charge is 0.303 e. The second kappa shape index (κ2) is 4.04. The molecular formula is C9H10N4O2. The van der Waals surface area contributed by atoms with Crippen molar-refractivity contribution in [1.29, 1.82) is 0 Å². The van der Waals surface area contributed by atoms with Crippen molar-refractivity contribution in [3.05, 3.63) is 18.1 Å². The maximum atomic E-state index is 10.3. The van der Waals surface area contributed by atoms with Gasteiger partial charge in [0.05, 0.1) is 11.7 Å². The van der Waals surface area contributed by atoms with Crippen LogP contribution in [-0.2, 0) is 11.2 Å². The van der Waals surface area contributed by atoms with Gasteiger partial charge in [-0.15, -0.1) is 5.10 Å². The van der Waals surface area contributed by atoms with E-state index in [9.17, 15) is 4.79 Å². The van der Waals surface area contributed by atoms with E-state index in [2.05, 4.69) is 20.2 Å². The van der Waals surface area contributed by atoms with Gasteiger partial charge in [-0.05, 0) is 12.5 Å². The lowest BCUT2D eigenvalue weighted by atomic mass is 10.2. The third-order valence-electron chi connectivity index (χ3n) is 2.03. The number of aliphatic carboxylic acids is 1. The number of aromatic amines is 1. The Morgan fingerprint density at radius 2 is 2.40 bits per heavy atom. The summed E-state index contributed by atoms with van der Waals surface area (Å²) in [5, 5.41) is 16.0. The molecule has 2 heterocycles. The summed E-state index contributed by atoms with van der Waals surface area (Å²) in [4.78, 5) is 17.6. The van der Waals surface area contributed by atoms with E-state index in [-0.39, 0.29) is 6.42 Å². The summed E-state index contributed by atoms with van der Waals surface area (Å²) >= 11 is 0. The Kier molecular flexibility index (Phi) is 2.57. The summed E-state index contributed by atoms with van der Waals surface area (Å²) in [6.45, 7) is 0. The van der Waals surface area contributed by atoms with E-state index < -0.39 is 5.97 Å². The van der Waals surface area contributed by atoms with Crippen molar-refractivity contribution < 1.29 is 9.90 Å². The predicted octanol–water partition coefficient (Wildman–Crippen LogP) is 0.760. The molecule has 0 fully saturated rings. The van der Waals surface area contributed by atoms with Crippen molar-refractivity contribution in [2.24, 2.45) is 0 Å². The van der Waals surface area contributed by atoms with E-state index in [4.69, 9.17) is 5.11 Å². The highest BCUT2D eigenvalue weighted by Gasteiger charge is 2.04. The first kappa shape index (κ1) is 9.57. The number of nitrogens with one attached hydrogen (secondary N) is 1. The molecule has 0 aliphatic rings. The minimum atomic E-state index is -0.786. The number of carboxylic acid groups (broad SMARTS) is 1. The highest BCUT2D eigenvalue weighted by atomic mass is 16.4. The number of nitrogens with zero attached hydrogens (tertiary/aromatic N) is 3. The van der Waals surface area contributed by atoms with Crippen molar-refractivity contribution in [3.8, 4) is 0 Å². The number of carboxylic acids is 1. The zero-order chi connectivity index (χ0) is 10.7. The van der Waals surface area contributed by atoms with Gasteiger partial charge in [0.1, 0.15) is 5.82 Å². The van der Waals surface area contributed by atoms with E-state index in [0.717, 1.165) is 11.3 Å². The number of imidazole rings is 1. The first-order valence-corrected chi connectivity index (χ1v) is 4.64. The van der Waals surface area contributed by atoms with Gasteiger partial charge in [-0.3, -0.25) is 4.79 Å². The molecule has 2 N–H and O–H groups in total. The Labute approximate surface area is 85.4 Å². The van der Waals surface area contributed by atoms with Crippen LogP contribution < -0.4 is 0 Å². The van der Waals surface area contributed by atoms with Gasteiger partial charge in [0.25, 0.3) is 0 Å². The maximum absolute atomic E-state index is 10.3. The lowest BCUT2D eigenvalue weighted by molar-refractivity contribution is -0.137. The van der Waals surface area contributed by atoms with Crippen LogP contribution in [0.3, 0.4) is 0 Å². The summed E-state index contributed by atoms with van der Waals surface area (Å²) in [5.74, 6) is -0.0300. The van der Waals surface area contributed by atoms with E-state index in [1.54, 1.807) is 12.3 Å². The molecule has 0 bridgehead atoms. The van der Waals surface area contributed by atoms with Crippen molar-refractivity contribution in [2.45, 2.75) is 19.3 Å². The number of aryl methyl sites for hydroxylation is 1. The molecule has 2 aromatic heterocycles. The van der Waals surface area contributed by atoms with E-state index in [0.29, 0.717) is 18.5 Å². The lowest BCUT2D eigenvalue weighted by Gasteiger charge is -1.92. The third kappa shape index (κ3) is 2.28. The maximum Gasteiger partial charge on any atom is 0.303 e. The second-order valence-electron chi connectivity index (χ2n) is 3.20. The molecule has 0 saturated heterocycles. The molecule has 2 rings (SSSR count). The summed E-state index contributed by atoms with van der Waals surface area (Å²) in [5.41, 5.74) is 1.40. The SMILES string of the molecule is O=C(O)CCCc1nc2nnccc2[nH]1. The lowest BCUT2D eigenvalue weighted by Crippen LogP contribution is -1.96. The van der Waals surface area contributed by atoms with Gasteiger partial charge in [0.2, 0.25) is 0 Å². The quantitative estimate of drug-likeness (QED) is 0.770. The van der Waals surface area contributed by atoms with Gasteiger partial charge in [-0.25, -0.2) is 4.98 Å². The van der Waals surface area contributed by atoms with Gasteiger partial charge in [-0.1, -0.05) is 0 Å². The Bertz CT molecular complexity index is 447. The number of hydrogen-bond donors (Lipinski definition) is 2. The Morgan fingerprint density at radius 3 is 3.13 bits per heavy atom. The summed E-state index contributed by atoms with van der Waals surface area (Å²) in [6, 6.07) is 1.79. The number of carbonyl (C=O) groups is 1. The number of aromatic nitrogens is 4. The first-order valence-electron chi connectivity index (χ1n) is 4.64. The Balaban J connectivity index is 2.05. The highest BCUT2D eigenvalue weighted by molar-refractivity contribution is 5.69. The zero-order valence-electron chi connectivity index (χ0n) is 7.97. The predicted molar refractivity (Wildman–Crippen MR) is 52.3 cm³/mol. The molecular weight excluding hydrogens is 196 g/mol. The van der Waals surface area contributed by atoms with Gasteiger partial charge in [0, 0.05) is 12.8 Å². The van der Waals surface area contributed by atoms with E-state index in [1.807, 2.05) is 0 Å². The summed E-state index contributed by atoms with van der Waals surface area (Å²) in [6.07, 6.45) is 2.93. The van der Waals surface area contributed by atoms with Crippen LogP contribution in [0.5, 0.6) is 0 Å². The number of rotatable bonds is 4. The van der Waals surface area contributed by atoms with Crippen LogP contribution in [0.1, 0.15) is 18.7 Å². The molecule has 6 nitrogen and oxygen atoms in total. The molecule has 15 heavy (non-hydrogen) atoms. The molecule has 0 radical (unpaired) electrons. The van der Waals surface area contributed by atoms with Crippen molar-refractivity contribution >= 4 is 17.1 Å². The molecule has 0 unspecified atom stereocenters. The van der Waals surface area contributed by atoms with E-state index in [1.165, 1.54) is 0 Å². The molecule has 0 aliphatic carbocycles. The molecule has 6 heteroatoms. The molecule has 0 spiro atoms. The van der Waals surface area contributed by atoms with Crippen LogP contribution in [0.15, 0.2) is 12.3 Å². The van der Waals surface area contributed by atoms with Crippen LogP contribution in [0, 0.1) is 0 Å². The molecule has 0 aliphatic heterocycles. The van der Waals surface area contributed by atoms with Crippen LogP contribution in [0.25, 0.3) is 11.2 Å². The molecule has 0 saturated carbocycles. The summed E-state index contributed by atoms with van der Waals surface area (Å²) < 4.78 is 0. The largest absolute Gasteiger partial charge is 0.481 e. The van der Waals surface area contributed by atoms with Crippen LogP contribution >= 0.6 is 0 Å². The molecule has 2 aromatic rings. The second-order valence-corrected chi connectivity index (χ2v) is 3.20. The fourth-order valence-electron chi connectivity index (χ4n) is 1.34. The fourth-order valence-corrected chi connectivity index (χ4v) is 1.34. The minimum absolute atomic E-state index is 0.155. The molecule has 0 aromatic carbocycles. The molecule has 0 amide bonds. The average Bonchev–Trinajstić information content (AvgIpc) is 2.59. The van der Waals surface area contributed by atoms with Gasteiger partial charge >= 0.3 is 5.97 Å². The van der Waals surface area contributed by atoms with Crippen molar-refractivity contribution in [2.75, 3.05) is 0 Å². The number of hydrogen-bond acceptors (Lipinski definition) is 4. The number of H-pyrrole nitrogens is 1. The standard InChI is InChI=1S/C9H10N4O2/c14-8(15)3-1-2-7-11-6-4-5-10-13-9(6)12-7/h4-5H,1-3H2,(H,14,15)(H,11,12,13). The Morgan fingerprint density at radius 1 is 1.53 bits per heavy atom. The van der Waals surface area contributed by atoms with Gasteiger partial charge in [-0.2, -0.15) is 5.10 Å². The van der Waals surface area contributed by atoms with Crippen LogP contribution in [0.2, 0.25) is 0 Å². The van der Waals surface area contributed by atoms with E-state index >= 15 is 0 Å². The molecule has 78 valence electrons. The first-order chi connectivity index (χ1) is 7.25. The van der Waals surface area contributed by atoms with Gasteiger partial charge < -0.3 is 10.1 Å². The Hall–Kier alpha value is -1.98. The summed E-state index contributed by atoms with van der Waals surface area (Å²) in [7, 11) is 0. The van der Waals surface area contributed by atoms with Crippen LogP contribution in [0.4, 0.5) is 0 Å². The highest BCUT2D eigenvalue weighted by Crippen LogP contribution is 2.08. The number of fused-ring (bicyclic) bond motifs is 1. The monoisotopic (exact) mass is 206 g/mol. The average molecular weight is 206 g/mol. The van der Waals surface area contributed by atoms with Gasteiger partial charge in [0.15, 0.2) is 5.65 Å². The van der Waals surface area contributed by atoms with Crippen molar-refractivity contribution in [3.63, 3.8) is 0 Å². The molecule has 0 atom stereocenters. The third-order valence-corrected chi connectivity index (χ3v) is 2.03. The zero-order valence-corrected chi connectivity index (χ0v) is 7.97. The van der Waals surface area contributed by atoms with Crippen molar-refractivity contribution in [1.82, 2.24) is 20.2 Å². The minimum Gasteiger partial charge on any atom is -0.481 e. The topological polar surface area (TPSA) is 91.8 Å². The normalized spacial score (nSPS) is 10.7. The van der Waals surface area contributed by atoms with Crippen LogP contribution in [-0.4, -0.2) is 31.2 Å². The fraction of sp³-hybridized carbons (Fsp3) is 0.333.